The summed E-state index contributed by atoms with van der Waals surface area (Å²) in [6.07, 6.45) is 0. The number of thiazole rings is 1. The number of aliphatic imine (C=N–C) groups is 1. The van der Waals surface area contributed by atoms with Crippen molar-refractivity contribution in [3.63, 3.8) is 0 Å². The topological polar surface area (TPSA) is 82.8 Å². The Kier molecular flexibility index (Phi) is 2.98. The predicted octanol–water partition coefficient (Wildman–Crippen LogP) is 2.73. The average Bonchev–Trinajstić information content (AvgIpc) is 2.88. The molecular formula is C13H12N2O3S2. The molecule has 0 saturated carbocycles. The van der Waals surface area contributed by atoms with E-state index in [1.165, 1.54) is 23.1 Å². The maximum Gasteiger partial charge on any atom is 0.329 e. The Morgan fingerprint density at radius 1 is 1.40 bits per heavy atom. The number of hydrogen-bond donors (Lipinski definition) is 2. The zero-order valence-electron chi connectivity index (χ0n) is 10.8. The first-order valence-corrected chi connectivity index (χ1v) is 7.60. The Balaban J connectivity index is 2.03. The van der Waals surface area contributed by atoms with Crippen LogP contribution >= 0.6 is 23.1 Å². The average molecular weight is 308 g/mol. The molecule has 0 radical (unpaired) electrons. The Morgan fingerprint density at radius 3 is 2.80 bits per heavy atom. The van der Waals surface area contributed by atoms with E-state index in [1.807, 2.05) is 13.8 Å². The molecule has 1 aliphatic heterocycles. The Bertz CT molecular complexity index is 736. The predicted molar refractivity (Wildman–Crippen MR) is 80.9 cm³/mol. The highest BCUT2D eigenvalue weighted by molar-refractivity contribution is 8.16. The van der Waals surface area contributed by atoms with Gasteiger partial charge in [0, 0.05) is 4.75 Å². The van der Waals surface area contributed by atoms with Gasteiger partial charge in [0.05, 0.1) is 10.2 Å². The minimum absolute atomic E-state index is 0.192. The van der Waals surface area contributed by atoms with Gasteiger partial charge in [-0.05, 0) is 32.0 Å². The highest BCUT2D eigenvalue weighted by atomic mass is 32.2. The molecule has 0 aliphatic carbocycles. The lowest BCUT2D eigenvalue weighted by molar-refractivity contribution is -0.138. The lowest BCUT2D eigenvalue weighted by Crippen LogP contribution is -2.34. The fraction of sp³-hybridized carbons (Fsp3) is 0.308. The van der Waals surface area contributed by atoms with Crippen LogP contribution in [0.4, 0.5) is 0 Å². The molecule has 2 aromatic rings. The smallest absolute Gasteiger partial charge is 0.329 e. The third-order valence-corrected chi connectivity index (χ3v) is 5.45. The zero-order valence-corrected chi connectivity index (χ0v) is 12.5. The maximum absolute atomic E-state index is 11.2. The number of nitrogens with zero attached hydrogens (tertiary/aromatic N) is 2. The van der Waals surface area contributed by atoms with E-state index in [0.29, 0.717) is 10.1 Å². The minimum Gasteiger partial charge on any atom is -0.508 e. The molecule has 1 aliphatic rings. The van der Waals surface area contributed by atoms with E-state index in [0.717, 1.165) is 10.2 Å². The first kappa shape index (κ1) is 13.4. The van der Waals surface area contributed by atoms with Crippen LogP contribution in [0.1, 0.15) is 18.9 Å². The van der Waals surface area contributed by atoms with Gasteiger partial charge in [-0.15, -0.1) is 11.3 Å². The van der Waals surface area contributed by atoms with Crippen LogP contribution < -0.4 is 0 Å². The molecule has 1 aromatic heterocycles. The summed E-state index contributed by atoms with van der Waals surface area (Å²) >= 11 is 2.84. The molecular weight excluding hydrogens is 296 g/mol. The third kappa shape index (κ3) is 2.16. The molecule has 0 spiro atoms. The molecule has 104 valence electrons. The number of aliphatic carboxylic acids is 1. The fourth-order valence-electron chi connectivity index (χ4n) is 2.06. The number of fused-ring (bicyclic) bond motifs is 1. The number of carboxylic acid groups (broad SMARTS) is 1. The van der Waals surface area contributed by atoms with Crippen LogP contribution in [0.15, 0.2) is 23.2 Å². The Labute approximate surface area is 123 Å². The molecule has 3 rings (SSSR count). The Hall–Kier alpha value is -1.60. The van der Waals surface area contributed by atoms with Crippen molar-refractivity contribution in [1.29, 1.82) is 0 Å². The summed E-state index contributed by atoms with van der Waals surface area (Å²) in [5.41, 5.74) is 0.780. The van der Waals surface area contributed by atoms with E-state index in [9.17, 15) is 15.0 Å². The highest BCUT2D eigenvalue weighted by Crippen LogP contribution is 2.41. The van der Waals surface area contributed by atoms with Gasteiger partial charge in [-0.25, -0.2) is 9.78 Å². The molecule has 2 N–H and O–H groups in total. The van der Waals surface area contributed by atoms with Crippen molar-refractivity contribution in [3.05, 3.63) is 23.2 Å². The van der Waals surface area contributed by atoms with Gasteiger partial charge in [-0.2, -0.15) is 0 Å². The van der Waals surface area contributed by atoms with Gasteiger partial charge in [-0.3, -0.25) is 4.99 Å². The number of phenols is 1. The number of phenolic OH excluding ortho intramolecular Hbond substituents is 1. The summed E-state index contributed by atoms with van der Waals surface area (Å²) in [5.74, 6) is -0.728. The number of hydrogen-bond acceptors (Lipinski definition) is 6. The van der Waals surface area contributed by atoms with Crippen molar-refractivity contribution < 1.29 is 15.0 Å². The standard InChI is InChI=1S/C13H12N2O3S2/c1-13(2)9(12(17)18)15-11(20-13)10-14-7-4-3-6(16)5-8(7)19-10/h3-5,9,16H,1-2H3,(H,17,18)/t9-/m0/s1. The molecule has 7 heteroatoms. The largest absolute Gasteiger partial charge is 0.508 e. The van der Waals surface area contributed by atoms with Gasteiger partial charge in [-0.1, -0.05) is 11.8 Å². The molecule has 0 unspecified atom stereocenters. The van der Waals surface area contributed by atoms with Crippen molar-refractivity contribution in [1.82, 2.24) is 4.98 Å². The van der Waals surface area contributed by atoms with Crippen molar-refractivity contribution in [2.24, 2.45) is 4.99 Å². The van der Waals surface area contributed by atoms with Crippen molar-refractivity contribution in [2.45, 2.75) is 24.6 Å². The molecule has 0 fully saturated rings. The van der Waals surface area contributed by atoms with Gasteiger partial charge in [0.25, 0.3) is 0 Å². The lowest BCUT2D eigenvalue weighted by atomic mass is 10.0. The fourth-order valence-corrected chi connectivity index (χ4v) is 4.26. The number of carbonyl (C=O) groups is 1. The van der Waals surface area contributed by atoms with Gasteiger partial charge in [0.15, 0.2) is 6.04 Å². The molecule has 0 saturated heterocycles. The number of aromatic nitrogens is 1. The maximum atomic E-state index is 11.2. The number of thioether (sulfide) groups is 1. The summed E-state index contributed by atoms with van der Waals surface area (Å²) in [6, 6.07) is 4.21. The quantitative estimate of drug-likeness (QED) is 0.891. The van der Waals surface area contributed by atoms with E-state index < -0.39 is 16.8 Å². The SMILES string of the molecule is CC1(C)SC(c2nc3ccc(O)cc3s2)=N[C@H]1C(=O)O. The second-order valence-electron chi connectivity index (χ2n) is 5.05. The van der Waals surface area contributed by atoms with Crippen LogP contribution in [0.2, 0.25) is 0 Å². The van der Waals surface area contributed by atoms with Crippen LogP contribution in [0.25, 0.3) is 10.2 Å². The summed E-state index contributed by atoms with van der Waals surface area (Å²) in [4.78, 5) is 20.0. The van der Waals surface area contributed by atoms with Crippen LogP contribution in [-0.2, 0) is 4.79 Å². The van der Waals surface area contributed by atoms with Crippen molar-refractivity contribution >= 4 is 44.3 Å². The molecule has 1 aromatic carbocycles. The van der Waals surface area contributed by atoms with Crippen LogP contribution in [0.3, 0.4) is 0 Å². The molecule has 2 heterocycles. The van der Waals surface area contributed by atoms with Gasteiger partial charge < -0.3 is 10.2 Å². The van der Waals surface area contributed by atoms with E-state index in [4.69, 9.17) is 0 Å². The number of rotatable bonds is 2. The van der Waals surface area contributed by atoms with Crippen LogP contribution in [0.5, 0.6) is 5.75 Å². The molecule has 5 nitrogen and oxygen atoms in total. The molecule has 0 amide bonds. The van der Waals surface area contributed by atoms with E-state index in [1.54, 1.807) is 18.2 Å². The van der Waals surface area contributed by atoms with Crippen molar-refractivity contribution in [3.8, 4) is 5.75 Å². The van der Waals surface area contributed by atoms with Gasteiger partial charge in [0.2, 0.25) is 0 Å². The van der Waals surface area contributed by atoms with Crippen LogP contribution in [-0.4, -0.2) is 37.0 Å². The number of aromatic hydroxyl groups is 1. The third-order valence-electron chi connectivity index (χ3n) is 3.05. The normalized spacial score (nSPS) is 21.1. The summed E-state index contributed by atoms with van der Waals surface area (Å²) in [6.45, 7) is 3.73. The second-order valence-corrected chi connectivity index (χ2v) is 7.73. The summed E-state index contributed by atoms with van der Waals surface area (Å²) < 4.78 is 0.376. The number of benzene rings is 1. The zero-order chi connectivity index (χ0) is 14.5. The van der Waals surface area contributed by atoms with Crippen molar-refractivity contribution in [2.75, 3.05) is 0 Å². The monoisotopic (exact) mass is 308 g/mol. The summed E-state index contributed by atoms with van der Waals surface area (Å²) in [5, 5.41) is 20.0. The number of carboxylic acids is 1. The minimum atomic E-state index is -0.920. The Morgan fingerprint density at radius 2 is 2.15 bits per heavy atom. The molecule has 0 bridgehead atoms. The first-order chi connectivity index (χ1) is 9.37. The van der Waals surface area contributed by atoms with E-state index in [-0.39, 0.29) is 5.75 Å². The van der Waals surface area contributed by atoms with Crippen LogP contribution in [0, 0.1) is 0 Å². The second kappa shape index (κ2) is 4.46. The van der Waals surface area contributed by atoms with Gasteiger partial charge in [0.1, 0.15) is 15.8 Å². The van der Waals surface area contributed by atoms with E-state index >= 15 is 0 Å². The summed E-state index contributed by atoms with van der Waals surface area (Å²) in [7, 11) is 0. The lowest BCUT2D eigenvalue weighted by Gasteiger charge is -2.19. The highest BCUT2D eigenvalue weighted by Gasteiger charge is 2.43. The molecule has 1 atom stereocenters. The first-order valence-electron chi connectivity index (χ1n) is 5.96. The van der Waals surface area contributed by atoms with Gasteiger partial charge >= 0.3 is 5.97 Å². The van der Waals surface area contributed by atoms with E-state index in [2.05, 4.69) is 9.98 Å². The molecule has 20 heavy (non-hydrogen) atoms.